The molecule has 3 heterocycles. The molecule has 7 nitrogen and oxygen atoms in total. The van der Waals surface area contributed by atoms with Crippen molar-refractivity contribution >= 4 is 21.6 Å². The Morgan fingerprint density at radius 2 is 2.12 bits per heavy atom. The summed E-state index contributed by atoms with van der Waals surface area (Å²) >= 11 is 0. The van der Waals surface area contributed by atoms with Crippen molar-refractivity contribution in [2.75, 3.05) is 16.8 Å². The average molecular weight is 362 g/mol. The molecule has 1 fully saturated rings. The summed E-state index contributed by atoms with van der Waals surface area (Å²) in [5, 5.41) is 7.28. The fourth-order valence-corrected chi connectivity index (χ4v) is 4.61. The van der Waals surface area contributed by atoms with Crippen LogP contribution >= 0.6 is 0 Å². The van der Waals surface area contributed by atoms with E-state index >= 15 is 0 Å². The monoisotopic (exact) mass is 362 g/mol. The predicted octanol–water partition coefficient (Wildman–Crippen LogP) is 2.32. The molecule has 1 atom stereocenters. The number of hydrogen-bond acceptors (Lipinski definition) is 5. The second kappa shape index (κ2) is 6.59. The van der Waals surface area contributed by atoms with Crippen LogP contribution in [0, 0.1) is 6.92 Å². The van der Waals surface area contributed by atoms with Gasteiger partial charge in [0.1, 0.15) is 5.82 Å². The van der Waals surface area contributed by atoms with Crippen LogP contribution < -0.4 is 5.32 Å². The Kier molecular flexibility index (Phi) is 4.64. The first-order chi connectivity index (χ1) is 11.7. The van der Waals surface area contributed by atoms with Gasteiger partial charge in [0.05, 0.1) is 28.8 Å². The molecule has 1 saturated heterocycles. The Morgan fingerprint density at radius 1 is 1.36 bits per heavy atom. The number of carbonyl (C=O) groups is 1. The minimum absolute atomic E-state index is 0.0472. The van der Waals surface area contributed by atoms with Crippen LogP contribution in [0.25, 0.3) is 0 Å². The first kappa shape index (κ1) is 17.6. The van der Waals surface area contributed by atoms with Gasteiger partial charge in [-0.1, -0.05) is 19.9 Å². The normalized spacial score (nSPS) is 19.3. The summed E-state index contributed by atoms with van der Waals surface area (Å²) in [6, 6.07) is 3.41. The predicted molar refractivity (Wildman–Crippen MR) is 95.6 cm³/mol. The second-order valence-electron chi connectivity index (χ2n) is 6.79. The summed E-state index contributed by atoms with van der Waals surface area (Å²) in [5.74, 6) is 0.482. The highest BCUT2D eigenvalue weighted by atomic mass is 32.2. The molecular weight excluding hydrogens is 340 g/mol. The summed E-state index contributed by atoms with van der Waals surface area (Å²) in [6.07, 6.45) is 3.87. The van der Waals surface area contributed by atoms with E-state index in [1.54, 1.807) is 23.1 Å². The number of nitrogens with zero attached hydrogens (tertiary/aromatic N) is 3. The second-order valence-corrected chi connectivity index (χ2v) is 9.02. The number of hydrogen-bond donors (Lipinski definition) is 1. The van der Waals surface area contributed by atoms with E-state index in [0.29, 0.717) is 23.5 Å². The van der Waals surface area contributed by atoms with Gasteiger partial charge in [-0.25, -0.2) is 13.4 Å². The first-order valence-electron chi connectivity index (χ1n) is 8.28. The zero-order valence-electron chi connectivity index (χ0n) is 14.6. The van der Waals surface area contributed by atoms with Gasteiger partial charge in [-0.05, 0) is 30.9 Å². The lowest BCUT2D eigenvalue weighted by molar-refractivity contribution is 0.102. The van der Waals surface area contributed by atoms with Crippen molar-refractivity contribution in [3.63, 3.8) is 0 Å². The first-order valence-corrected chi connectivity index (χ1v) is 10.1. The number of aromatic nitrogens is 3. The van der Waals surface area contributed by atoms with Gasteiger partial charge in [-0.2, -0.15) is 5.10 Å². The molecule has 1 amide bonds. The van der Waals surface area contributed by atoms with Crippen LogP contribution in [0.15, 0.2) is 24.5 Å². The highest BCUT2D eigenvalue weighted by Crippen LogP contribution is 2.26. The van der Waals surface area contributed by atoms with E-state index in [1.165, 1.54) is 0 Å². The van der Waals surface area contributed by atoms with Gasteiger partial charge in [-0.15, -0.1) is 0 Å². The molecule has 8 heteroatoms. The Labute approximate surface area is 147 Å². The lowest BCUT2D eigenvalue weighted by Gasteiger charge is -2.07. The molecule has 2 aromatic heterocycles. The molecule has 134 valence electrons. The van der Waals surface area contributed by atoms with Crippen molar-refractivity contribution in [1.29, 1.82) is 0 Å². The van der Waals surface area contributed by atoms with E-state index in [2.05, 4.69) is 15.4 Å². The lowest BCUT2D eigenvalue weighted by Crippen LogP contribution is -2.14. The Bertz CT molecular complexity index is 885. The number of rotatable bonds is 4. The van der Waals surface area contributed by atoms with E-state index < -0.39 is 9.84 Å². The number of pyridine rings is 1. The molecule has 1 aliphatic rings. The van der Waals surface area contributed by atoms with Crippen LogP contribution in [0.5, 0.6) is 0 Å². The highest BCUT2D eigenvalue weighted by molar-refractivity contribution is 7.91. The maximum atomic E-state index is 12.7. The van der Waals surface area contributed by atoms with Crippen molar-refractivity contribution in [1.82, 2.24) is 14.8 Å². The molecule has 1 aliphatic heterocycles. The quantitative estimate of drug-likeness (QED) is 0.901. The number of anilines is 1. The molecule has 0 saturated carbocycles. The number of aryl methyl sites for hydroxylation is 1. The molecular formula is C17H22N4O3S. The van der Waals surface area contributed by atoms with E-state index in [0.717, 1.165) is 5.56 Å². The number of nitrogens with one attached hydrogen (secondary N) is 1. The summed E-state index contributed by atoms with van der Waals surface area (Å²) in [6.45, 7) is 5.84. The van der Waals surface area contributed by atoms with Crippen LogP contribution in [0.4, 0.5) is 5.82 Å². The fraction of sp³-hybridized carbons (Fsp3) is 0.471. The molecule has 25 heavy (non-hydrogen) atoms. The van der Waals surface area contributed by atoms with Crippen molar-refractivity contribution in [3.05, 3.63) is 41.3 Å². The topological polar surface area (TPSA) is 94.0 Å². The SMILES string of the molecule is Cc1ccc(NC(=O)c2cn(C3CCS(=O)(=O)C3)nc2C(C)C)nc1. The van der Waals surface area contributed by atoms with Crippen molar-refractivity contribution in [2.24, 2.45) is 0 Å². The van der Waals surface area contributed by atoms with E-state index in [4.69, 9.17) is 0 Å². The molecule has 0 aromatic carbocycles. The standard InChI is InChI=1S/C17H22N4O3S/c1-11(2)16-14(17(22)19-15-5-4-12(3)8-18-15)9-21(20-16)13-6-7-25(23,24)10-13/h4-5,8-9,11,13H,6-7,10H2,1-3H3,(H,18,19,22). The Morgan fingerprint density at radius 3 is 2.68 bits per heavy atom. The molecule has 0 aliphatic carbocycles. The van der Waals surface area contributed by atoms with Gasteiger partial charge in [-0.3, -0.25) is 9.48 Å². The van der Waals surface area contributed by atoms with Crippen LogP contribution in [0.3, 0.4) is 0 Å². The number of carbonyl (C=O) groups excluding carboxylic acids is 1. The summed E-state index contributed by atoms with van der Waals surface area (Å²) in [5.41, 5.74) is 2.13. The van der Waals surface area contributed by atoms with Crippen LogP contribution in [0.2, 0.25) is 0 Å². The molecule has 0 bridgehead atoms. The zero-order chi connectivity index (χ0) is 18.2. The number of sulfone groups is 1. The van der Waals surface area contributed by atoms with Gasteiger partial charge < -0.3 is 5.32 Å². The molecule has 0 radical (unpaired) electrons. The van der Waals surface area contributed by atoms with E-state index in [9.17, 15) is 13.2 Å². The van der Waals surface area contributed by atoms with Gasteiger partial charge in [0.25, 0.3) is 5.91 Å². The van der Waals surface area contributed by atoms with E-state index in [1.807, 2.05) is 26.8 Å². The average Bonchev–Trinajstić information content (AvgIpc) is 3.13. The molecule has 2 aromatic rings. The Balaban J connectivity index is 1.87. The van der Waals surface area contributed by atoms with Crippen molar-refractivity contribution < 1.29 is 13.2 Å². The lowest BCUT2D eigenvalue weighted by atomic mass is 10.1. The van der Waals surface area contributed by atoms with Crippen molar-refractivity contribution in [2.45, 2.75) is 39.2 Å². The Hall–Kier alpha value is -2.22. The molecule has 1 unspecified atom stereocenters. The van der Waals surface area contributed by atoms with Gasteiger partial charge in [0.15, 0.2) is 9.84 Å². The minimum Gasteiger partial charge on any atom is -0.306 e. The smallest absolute Gasteiger partial charge is 0.260 e. The summed E-state index contributed by atoms with van der Waals surface area (Å²) < 4.78 is 25.1. The van der Waals surface area contributed by atoms with E-state index in [-0.39, 0.29) is 29.4 Å². The van der Waals surface area contributed by atoms with Crippen LogP contribution in [-0.2, 0) is 9.84 Å². The van der Waals surface area contributed by atoms with Crippen molar-refractivity contribution in [3.8, 4) is 0 Å². The third kappa shape index (κ3) is 3.89. The maximum absolute atomic E-state index is 12.7. The summed E-state index contributed by atoms with van der Waals surface area (Å²) in [4.78, 5) is 16.8. The maximum Gasteiger partial charge on any atom is 0.260 e. The third-order valence-electron chi connectivity index (χ3n) is 4.29. The summed E-state index contributed by atoms with van der Waals surface area (Å²) in [7, 11) is -3.01. The fourth-order valence-electron chi connectivity index (χ4n) is 2.90. The van der Waals surface area contributed by atoms with Gasteiger partial charge >= 0.3 is 0 Å². The van der Waals surface area contributed by atoms with Crippen LogP contribution in [-0.4, -0.2) is 40.6 Å². The molecule has 0 spiro atoms. The molecule has 1 N–H and O–H groups in total. The van der Waals surface area contributed by atoms with Crippen LogP contribution in [0.1, 0.15) is 53.8 Å². The van der Waals surface area contributed by atoms with Gasteiger partial charge in [0.2, 0.25) is 0 Å². The minimum atomic E-state index is -3.01. The zero-order valence-corrected chi connectivity index (χ0v) is 15.4. The molecule has 3 rings (SSSR count). The number of amides is 1. The van der Waals surface area contributed by atoms with Gasteiger partial charge in [0, 0.05) is 12.4 Å². The third-order valence-corrected chi connectivity index (χ3v) is 6.04. The largest absolute Gasteiger partial charge is 0.306 e. The highest BCUT2D eigenvalue weighted by Gasteiger charge is 2.31.